The van der Waals surface area contributed by atoms with Gasteiger partial charge in [0.25, 0.3) is 0 Å². The third-order valence-electron chi connectivity index (χ3n) is 3.22. The summed E-state index contributed by atoms with van der Waals surface area (Å²) in [5, 5.41) is 3.43. The van der Waals surface area contributed by atoms with E-state index in [-0.39, 0.29) is 0 Å². The van der Waals surface area contributed by atoms with E-state index in [2.05, 4.69) is 50.1 Å². The average Bonchev–Trinajstić information content (AvgIpc) is 2.96. The van der Waals surface area contributed by atoms with Crippen molar-refractivity contribution in [2.45, 2.75) is 6.42 Å². The first-order valence-corrected chi connectivity index (χ1v) is 7.77. The van der Waals surface area contributed by atoms with Crippen LogP contribution < -0.4 is 5.73 Å². The number of thiophene rings is 1. The number of aromatic nitrogens is 2. The first kappa shape index (κ1) is 12.8. The summed E-state index contributed by atoms with van der Waals surface area (Å²) in [6.07, 6.45) is 0.789. The maximum Gasteiger partial charge on any atom is 0.112 e. The van der Waals surface area contributed by atoms with Gasteiger partial charge >= 0.3 is 0 Å². The van der Waals surface area contributed by atoms with E-state index < -0.39 is 0 Å². The molecule has 0 saturated heterocycles. The summed E-state index contributed by atoms with van der Waals surface area (Å²) in [4.78, 5) is 4.73. The predicted octanol–water partition coefficient (Wildman–Crippen LogP) is 3.57. The van der Waals surface area contributed by atoms with E-state index in [0.29, 0.717) is 6.54 Å². The number of fused-ring (bicyclic) bond motifs is 1. The van der Waals surface area contributed by atoms with Crippen LogP contribution in [0.25, 0.3) is 21.3 Å². The normalized spacial score (nSPS) is 11.3. The maximum atomic E-state index is 5.63. The quantitative estimate of drug-likeness (QED) is 0.795. The lowest BCUT2D eigenvalue weighted by molar-refractivity contribution is 0.767. The van der Waals surface area contributed by atoms with Crippen LogP contribution in [0.2, 0.25) is 0 Å². The summed E-state index contributed by atoms with van der Waals surface area (Å²) in [5.41, 5.74) is 7.82. The van der Waals surface area contributed by atoms with Crippen molar-refractivity contribution in [1.29, 1.82) is 0 Å². The zero-order valence-electron chi connectivity index (χ0n) is 10.6. The molecule has 0 atom stereocenters. The topological polar surface area (TPSA) is 43.8 Å². The Labute approximate surface area is 124 Å². The highest BCUT2D eigenvalue weighted by Gasteiger charge is 2.16. The molecule has 0 amide bonds. The van der Waals surface area contributed by atoms with Crippen molar-refractivity contribution in [3.8, 4) is 11.3 Å². The van der Waals surface area contributed by atoms with Crippen LogP contribution in [0.3, 0.4) is 0 Å². The first-order valence-electron chi connectivity index (χ1n) is 6.10. The van der Waals surface area contributed by atoms with Gasteiger partial charge in [0.2, 0.25) is 0 Å². The average molecular weight is 336 g/mol. The van der Waals surface area contributed by atoms with Gasteiger partial charge < -0.3 is 10.3 Å². The second-order valence-corrected chi connectivity index (χ2v) is 6.07. The summed E-state index contributed by atoms with van der Waals surface area (Å²) in [7, 11) is 2.01. The van der Waals surface area contributed by atoms with E-state index in [1.54, 1.807) is 11.3 Å². The summed E-state index contributed by atoms with van der Waals surface area (Å²) in [6.45, 7) is 0.612. The van der Waals surface area contributed by atoms with Gasteiger partial charge in [-0.15, -0.1) is 11.3 Å². The van der Waals surface area contributed by atoms with Gasteiger partial charge in [-0.2, -0.15) is 0 Å². The fraction of sp³-hybridized carbons (Fsp3) is 0.214. The molecule has 0 saturated carbocycles. The van der Waals surface area contributed by atoms with E-state index in [4.69, 9.17) is 10.7 Å². The molecule has 0 radical (unpaired) electrons. The Balaban J connectivity index is 2.19. The predicted molar refractivity (Wildman–Crippen MR) is 84.5 cm³/mol. The Morgan fingerprint density at radius 3 is 2.95 bits per heavy atom. The zero-order valence-corrected chi connectivity index (χ0v) is 13.0. The minimum absolute atomic E-state index is 0.612. The van der Waals surface area contributed by atoms with Gasteiger partial charge in [-0.1, -0.05) is 18.2 Å². The molecule has 0 aliphatic rings. The van der Waals surface area contributed by atoms with E-state index >= 15 is 0 Å². The van der Waals surface area contributed by atoms with Crippen LogP contribution in [0.1, 0.15) is 5.82 Å². The Morgan fingerprint density at radius 1 is 1.37 bits per heavy atom. The van der Waals surface area contributed by atoms with Crippen LogP contribution in [-0.2, 0) is 13.5 Å². The number of hydrogen-bond donors (Lipinski definition) is 1. The van der Waals surface area contributed by atoms with Crippen molar-refractivity contribution < 1.29 is 0 Å². The van der Waals surface area contributed by atoms with Crippen LogP contribution in [-0.4, -0.2) is 16.1 Å². The number of nitrogens with two attached hydrogens (primary N) is 1. The fourth-order valence-electron chi connectivity index (χ4n) is 2.21. The van der Waals surface area contributed by atoms with Crippen molar-refractivity contribution in [3.63, 3.8) is 0 Å². The molecule has 3 rings (SSSR count). The van der Waals surface area contributed by atoms with Gasteiger partial charge in [-0.3, -0.25) is 0 Å². The zero-order chi connectivity index (χ0) is 13.4. The number of nitrogens with zero attached hydrogens (tertiary/aromatic N) is 2. The molecule has 0 aliphatic carbocycles. The summed E-state index contributed by atoms with van der Waals surface area (Å²) < 4.78 is 4.36. The molecule has 98 valence electrons. The molecule has 0 aliphatic heterocycles. The van der Waals surface area contributed by atoms with Crippen LogP contribution in [0, 0.1) is 0 Å². The third-order valence-corrected chi connectivity index (χ3v) is 5.09. The van der Waals surface area contributed by atoms with Crippen molar-refractivity contribution in [1.82, 2.24) is 9.55 Å². The molecule has 0 bridgehead atoms. The van der Waals surface area contributed by atoms with Crippen molar-refractivity contribution >= 4 is 37.4 Å². The number of halogens is 1. The largest absolute Gasteiger partial charge is 0.330 e. The molecule has 1 aromatic carbocycles. The molecule has 19 heavy (non-hydrogen) atoms. The lowest BCUT2D eigenvalue weighted by atomic mass is 10.1. The number of imidazole rings is 1. The third kappa shape index (κ3) is 2.12. The highest BCUT2D eigenvalue weighted by molar-refractivity contribution is 9.10. The molecule has 5 heteroatoms. The number of benzene rings is 1. The van der Waals surface area contributed by atoms with Crippen LogP contribution in [0.15, 0.2) is 34.2 Å². The minimum Gasteiger partial charge on any atom is -0.330 e. The molecule has 3 nitrogen and oxygen atoms in total. The summed E-state index contributed by atoms with van der Waals surface area (Å²) in [6, 6.07) is 8.41. The van der Waals surface area contributed by atoms with E-state index in [0.717, 1.165) is 22.5 Å². The summed E-state index contributed by atoms with van der Waals surface area (Å²) >= 11 is 5.39. The van der Waals surface area contributed by atoms with Crippen molar-refractivity contribution in [2.24, 2.45) is 12.8 Å². The Bertz CT molecular complexity index is 729. The van der Waals surface area contributed by atoms with E-state index in [1.165, 1.54) is 15.6 Å². The first-order chi connectivity index (χ1) is 9.22. The molecule has 0 unspecified atom stereocenters. The number of hydrogen-bond acceptors (Lipinski definition) is 3. The standard InChI is InChI=1S/C14H14BrN3S/c1-18-12(6-7-16)17-13(14(18)15)10-8-19-11-5-3-2-4-9(10)11/h2-5,8H,6-7,16H2,1H3. The Hall–Kier alpha value is -1.17. The monoisotopic (exact) mass is 335 g/mol. The highest BCUT2D eigenvalue weighted by atomic mass is 79.9. The molecular weight excluding hydrogens is 322 g/mol. The Morgan fingerprint density at radius 2 is 2.16 bits per heavy atom. The van der Waals surface area contributed by atoms with Crippen molar-refractivity contribution in [2.75, 3.05) is 6.54 Å². The van der Waals surface area contributed by atoms with Crippen LogP contribution >= 0.6 is 27.3 Å². The van der Waals surface area contributed by atoms with Gasteiger partial charge in [-0.05, 0) is 28.5 Å². The highest BCUT2D eigenvalue weighted by Crippen LogP contribution is 2.37. The molecule has 2 aromatic heterocycles. The van der Waals surface area contributed by atoms with Crippen LogP contribution in [0.5, 0.6) is 0 Å². The van der Waals surface area contributed by atoms with Gasteiger partial charge in [0.1, 0.15) is 16.1 Å². The number of rotatable bonds is 3. The SMILES string of the molecule is Cn1c(CCN)nc(-c2csc3ccccc23)c1Br. The van der Waals surface area contributed by atoms with E-state index in [9.17, 15) is 0 Å². The maximum absolute atomic E-state index is 5.63. The molecular formula is C14H14BrN3S. The molecule has 0 spiro atoms. The second-order valence-electron chi connectivity index (χ2n) is 4.41. The van der Waals surface area contributed by atoms with E-state index in [1.807, 2.05) is 7.05 Å². The molecule has 3 aromatic rings. The Kier molecular flexibility index (Phi) is 3.43. The van der Waals surface area contributed by atoms with Crippen LogP contribution in [0.4, 0.5) is 0 Å². The lowest BCUT2D eigenvalue weighted by Gasteiger charge is -1.99. The van der Waals surface area contributed by atoms with Gasteiger partial charge in [-0.25, -0.2) is 4.98 Å². The molecule has 2 N–H and O–H groups in total. The van der Waals surface area contributed by atoms with Gasteiger partial charge in [0, 0.05) is 34.5 Å². The lowest BCUT2D eigenvalue weighted by Crippen LogP contribution is -2.07. The van der Waals surface area contributed by atoms with Gasteiger partial charge in [0.05, 0.1) is 0 Å². The minimum atomic E-state index is 0.612. The molecule has 0 fully saturated rings. The summed E-state index contributed by atoms with van der Waals surface area (Å²) in [5.74, 6) is 1.01. The fourth-order valence-corrected chi connectivity index (χ4v) is 3.66. The smallest absolute Gasteiger partial charge is 0.112 e. The molecule has 2 heterocycles. The van der Waals surface area contributed by atoms with Crippen molar-refractivity contribution in [3.05, 3.63) is 40.1 Å². The second kappa shape index (κ2) is 5.07. The van der Waals surface area contributed by atoms with Gasteiger partial charge in [0.15, 0.2) is 0 Å².